The summed E-state index contributed by atoms with van der Waals surface area (Å²) in [6, 6.07) is 4.21. The zero-order chi connectivity index (χ0) is 8.27. The first-order valence-corrected chi connectivity index (χ1v) is 4.55. The molecule has 0 unspecified atom stereocenters. The Bertz CT molecular complexity index is 215. The average molecular weight is 167 g/mol. The highest BCUT2D eigenvalue weighted by Gasteiger charge is 2.11. The summed E-state index contributed by atoms with van der Waals surface area (Å²) in [6.45, 7) is 5.80. The van der Waals surface area contributed by atoms with Gasteiger partial charge in [-0.1, -0.05) is 19.1 Å². The van der Waals surface area contributed by atoms with Crippen LogP contribution in [0.5, 0.6) is 0 Å². The Hall–Kier alpha value is -0.600. The molecule has 0 aromatic carbocycles. The van der Waals surface area contributed by atoms with Crippen molar-refractivity contribution in [2.24, 2.45) is 11.7 Å². The van der Waals surface area contributed by atoms with E-state index in [1.807, 2.05) is 17.5 Å². The molecule has 0 bridgehead atoms. The van der Waals surface area contributed by atoms with Crippen LogP contribution in [0.15, 0.2) is 30.2 Å². The van der Waals surface area contributed by atoms with Crippen LogP contribution in [0.3, 0.4) is 0 Å². The van der Waals surface area contributed by atoms with E-state index in [0.717, 1.165) is 0 Å². The molecule has 0 spiro atoms. The highest BCUT2D eigenvalue weighted by atomic mass is 32.1. The molecule has 1 aromatic heterocycles. The summed E-state index contributed by atoms with van der Waals surface area (Å²) in [5.41, 5.74) is 5.93. The van der Waals surface area contributed by atoms with Crippen molar-refractivity contribution < 1.29 is 0 Å². The van der Waals surface area contributed by atoms with Crippen molar-refractivity contribution in [3.05, 3.63) is 35.0 Å². The molecule has 0 amide bonds. The first-order valence-electron chi connectivity index (χ1n) is 3.67. The van der Waals surface area contributed by atoms with Crippen molar-refractivity contribution in [1.29, 1.82) is 0 Å². The van der Waals surface area contributed by atoms with E-state index in [9.17, 15) is 0 Å². The summed E-state index contributed by atoms with van der Waals surface area (Å²) in [6.07, 6.45) is 1.89. The largest absolute Gasteiger partial charge is 0.323 e. The van der Waals surface area contributed by atoms with Crippen LogP contribution in [0.4, 0.5) is 0 Å². The van der Waals surface area contributed by atoms with Gasteiger partial charge in [0.2, 0.25) is 0 Å². The summed E-state index contributed by atoms with van der Waals surface area (Å²) in [7, 11) is 0. The van der Waals surface area contributed by atoms with E-state index < -0.39 is 0 Å². The van der Waals surface area contributed by atoms with Crippen LogP contribution in [0, 0.1) is 5.92 Å². The van der Waals surface area contributed by atoms with Gasteiger partial charge in [0.05, 0.1) is 0 Å². The molecule has 0 aliphatic carbocycles. The molecular formula is C9H13NS. The molecule has 2 N–H and O–H groups in total. The molecule has 0 radical (unpaired) electrons. The molecule has 2 heteroatoms. The highest BCUT2D eigenvalue weighted by molar-refractivity contribution is 7.10. The predicted molar refractivity (Wildman–Crippen MR) is 50.6 cm³/mol. The van der Waals surface area contributed by atoms with Crippen LogP contribution in [0.2, 0.25) is 0 Å². The number of nitrogens with two attached hydrogens (primary N) is 1. The molecule has 60 valence electrons. The second kappa shape index (κ2) is 3.69. The number of hydrogen-bond acceptors (Lipinski definition) is 2. The molecule has 0 aliphatic heterocycles. The van der Waals surface area contributed by atoms with Gasteiger partial charge in [0.1, 0.15) is 0 Å². The number of rotatable bonds is 3. The molecule has 0 saturated heterocycles. The van der Waals surface area contributed by atoms with Crippen LogP contribution < -0.4 is 5.73 Å². The minimum absolute atomic E-state index is 0.118. The summed E-state index contributed by atoms with van der Waals surface area (Å²) < 4.78 is 0. The second-order valence-corrected chi connectivity index (χ2v) is 3.62. The van der Waals surface area contributed by atoms with Gasteiger partial charge in [-0.2, -0.15) is 0 Å². The lowest BCUT2D eigenvalue weighted by molar-refractivity contribution is 0.576. The van der Waals surface area contributed by atoms with Crippen molar-refractivity contribution in [1.82, 2.24) is 0 Å². The Morgan fingerprint density at radius 3 is 2.91 bits per heavy atom. The first-order chi connectivity index (χ1) is 5.25. The fourth-order valence-electron chi connectivity index (χ4n) is 0.887. The zero-order valence-electron chi connectivity index (χ0n) is 6.66. The van der Waals surface area contributed by atoms with Gasteiger partial charge in [-0.3, -0.25) is 0 Å². The summed E-state index contributed by atoms with van der Waals surface area (Å²) in [4.78, 5) is 1.23. The maximum absolute atomic E-state index is 5.93. The lowest BCUT2D eigenvalue weighted by atomic mass is 10.0. The topological polar surface area (TPSA) is 26.0 Å². The Labute approximate surface area is 71.5 Å². The monoisotopic (exact) mass is 167 g/mol. The molecule has 0 saturated carbocycles. The molecule has 0 aliphatic rings. The standard InChI is InChI=1S/C9H13NS/c1-3-7(2)9(10)8-5-4-6-11-8/h3-7,9H,1,10H2,2H3/t7-,9-/m0/s1. The minimum atomic E-state index is 0.118. The van der Waals surface area contributed by atoms with Crippen LogP contribution in [0.25, 0.3) is 0 Å². The van der Waals surface area contributed by atoms with Crippen LogP contribution >= 0.6 is 11.3 Å². The highest BCUT2D eigenvalue weighted by Crippen LogP contribution is 2.23. The van der Waals surface area contributed by atoms with Gasteiger partial charge in [0, 0.05) is 10.9 Å². The minimum Gasteiger partial charge on any atom is -0.323 e. The van der Waals surface area contributed by atoms with E-state index in [1.54, 1.807) is 11.3 Å². The Balaban J connectivity index is 2.69. The van der Waals surface area contributed by atoms with Gasteiger partial charge in [-0.05, 0) is 17.4 Å². The molecule has 1 aromatic rings. The molecule has 11 heavy (non-hydrogen) atoms. The smallest absolute Gasteiger partial charge is 0.0450 e. The maximum Gasteiger partial charge on any atom is 0.0450 e. The van der Waals surface area contributed by atoms with E-state index in [-0.39, 0.29) is 6.04 Å². The van der Waals surface area contributed by atoms with Crippen molar-refractivity contribution in [2.45, 2.75) is 13.0 Å². The maximum atomic E-state index is 5.93. The van der Waals surface area contributed by atoms with Gasteiger partial charge < -0.3 is 5.73 Å². The Morgan fingerprint density at radius 1 is 1.73 bits per heavy atom. The lowest BCUT2D eigenvalue weighted by Crippen LogP contribution is -2.15. The van der Waals surface area contributed by atoms with Gasteiger partial charge >= 0.3 is 0 Å². The van der Waals surface area contributed by atoms with E-state index >= 15 is 0 Å². The van der Waals surface area contributed by atoms with Crippen molar-refractivity contribution in [3.63, 3.8) is 0 Å². The van der Waals surface area contributed by atoms with Gasteiger partial charge in [-0.15, -0.1) is 17.9 Å². The Kier molecular flexibility index (Phi) is 2.85. The SMILES string of the molecule is C=C[C@H](C)[C@H](N)c1cccs1. The Morgan fingerprint density at radius 2 is 2.45 bits per heavy atom. The van der Waals surface area contributed by atoms with Gasteiger partial charge in [-0.25, -0.2) is 0 Å². The average Bonchev–Trinajstić information content (AvgIpc) is 2.53. The third-order valence-electron chi connectivity index (χ3n) is 1.81. The molecule has 0 fully saturated rings. The quantitative estimate of drug-likeness (QED) is 0.688. The van der Waals surface area contributed by atoms with Crippen LogP contribution in [0.1, 0.15) is 17.8 Å². The third kappa shape index (κ3) is 1.91. The van der Waals surface area contributed by atoms with Crippen LogP contribution in [-0.4, -0.2) is 0 Å². The normalized spacial score (nSPS) is 15.8. The van der Waals surface area contributed by atoms with Crippen molar-refractivity contribution in [2.75, 3.05) is 0 Å². The molecule has 1 rings (SSSR count). The van der Waals surface area contributed by atoms with Crippen LogP contribution in [-0.2, 0) is 0 Å². The van der Waals surface area contributed by atoms with E-state index in [2.05, 4.69) is 19.6 Å². The lowest BCUT2D eigenvalue weighted by Gasteiger charge is -2.13. The van der Waals surface area contributed by atoms with E-state index in [0.29, 0.717) is 5.92 Å². The second-order valence-electron chi connectivity index (χ2n) is 2.64. The predicted octanol–water partition coefficient (Wildman–Crippen LogP) is 2.57. The van der Waals surface area contributed by atoms with Crippen molar-refractivity contribution in [3.8, 4) is 0 Å². The first kappa shape index (κ1) is 8.50. The van der Waals surface area contributed by atoms with Gasteiger partial charge in [0.25, 0.3) is 0 Å². The molecule has 2 atom stereocenters. The molecular weight excluding hydrogens is 154 g/mol. The summed E-state index contributed by atoms with van der Waals surface area (Å²) in [5, 5.41) is 2.05. The van der Waals surface area contributed by atoms with E-state index in [1.165, 1.54) is 4.88 Å². The number of hydrogen-bond donors (Lipinski definition) is 1. The molecule has 1 heterocycles. The fraction of sp³-hybridized carbons (Fsp3) is 0.333. The molecule has 1 nitrogen and oxygen atoms in total. The third-order valence-corrected chi connectivity index (χ3v) is 2.78. The zero-order valence-corrected chi connectivity index (χ0v) is 7.47. The summed E-state index contributed by atoms with van der Waals surface area (Å²) >= 11 is 1.70. The summed E-state index contributed by atoms with van der Waals surface area (Å²) in [5.74, 6) is 0.355. The van der Waals surface area contributed by atoms with Crippen molar-refractivity contribution >= 4 is 11.3 Å². The van der Waals surface area contributed by atoms with E-state index in [4.69, 9.17) is 5.73 Å². The number of thiophene rings is 1. The van der Waals surface area contributed by atoms with Gasteiger partial charge in [0.15, 0.2) is 0 Å². The fourth-order valence-corrected chi connectivity index (χ4v) is 1.73.